The number of rotatable bonds is 11. The Balaban J connectivity index is 0.00000302. The molecule has 8 rings (SSSR count). The van der Waals surface area contributed by atoms with Crippen molar-refractivity contribution in [2.24, 2.45) is 11.8 Å². The third kappa shape index (κ3) is 10.1. The zero-order valence-electron chi connectivity index (χ0n) is 35.1. The van der Waals surface area contributed by atoms with Crippen LogP contribution >= 0.6 is 0 Å². The van der Waals surface area contributed by atoms with Crippen molar-refractivity contribution in [3.05, 3.63) is 192 Å². The molecule has 0 N–H and O–H groups in total. The van der Waals surface area contributed by atoms with Crippen LogP contribution in [0.2, 0.25) is 0 Å². The molecule has 0 saturated heterocycles. The third-order valence-electron chi connectivity index (χ3n) is 10.8. The summed E-state index contributed by atoms with van der Waals surface area (Å²) in [6.07, 6.45) is 5.69. The molecule has 2 nitrogen and oxygen atoms in total. The number of pyridine rings is 2. The molecule has 2 aromatic heterocycles. The first-order valence-corrected chi connectivity index (χ1v) is 20.6. The zero-order chi connectivity index (χ0) is 40.2. The number of aromatic nitrogens is 2. The van der Waals surface area contributed by atoms with Gasteiger partial charge in [0.1, 0.15) is 0 Å². The number of aryl methyl sites for hydroxylation is 2. The Hall–Kier alpha value is -5.08. The minimum absolute atomic E-state index is 0. The van der Waals surface area contributed by atoms with Crippen molar-refractivity contribution in [1.29, 1.82) is 0 Å². The van der Waals surface area contributed by atoms with Crippen LogP contribution in [-0.4, -0.2) is 9.97 Å². The Kier molecular flexibility index (Phi) is 14.8. The molecule has 4 heteroatoms. The normalized spacial score (nSPS) is 11.0. The number of nitrogens with zero attached hydrogens (tertiary/aromatic N) is 2. The first kappa shape index (κ1) is 44.5. The fourth-order valence-electron chi connectivity index (χ4n) is 8.29. The molecule has 6 aromatic carbocycles. The molecule has 2 heterocycles. The number of hydrogen-bond donors (Lipinski definition) is 0. The van der Waals surface area contributed by atoms with Gasteiger partial charge in [-0.1, -0.05) is 170 Å². The molecule has 0 aliphatic heterocycles. The molecule has 60 heavy (non-hydrogen) atoms. The van der Waals surface area contributed by atoms with Gasteiger partial charge in [0, 0.05) is 52.6 Å². The van der Waals surface area contributed by atoms with Gasteiger partial charge >= 0.3 is 0 Å². The second kappa shape index (κ2) is 20.0. The van der Waals surface area contributed by atoms with E-state index < -0.39 is 0 Å². The van der Waals surface area contributed by atoms with Gasteiger partial charge in [-0.15, -0.1) is 58.7 Å². The summed E-state index contributed by atoms with van der Waals surface area (Å²) < 4.78 is 0. The van der Waals surface area contributed by atoms with Crippen molar-refractivity contribution in [2.45, 2.75) is 54.4 Å². The maximum absolute atomic E-state index is 4.84. The molecule has 0 aliphatic carbocycles. The van der Waals surface area contributed by atoms with Gasteiger partial charge in [0.25, 0.3) is 0 Å². The smallest absolute Gasteiger partial charge is 0.0166 e. The third-order valence-corrected chi connectivity index (χ3v) is 10.8. The largest absolute Gasteiger partial charge is 0.305 e. The molecule has 0 amide bonds. The fourth-order valence-corrected chi connectivity index (χ4v) is 8.29. The van der Waals surface area contributed by atoms with Gasteiger partial charge in [-0.3, -0.25) is 0 Å². The van der Waals surface area contributed by atoms with Crippen LogP contribution in [0.5, 0.6) is 0 Å². The molecule has 0 fully saturated rings. The molecular weight excluding hydrogens is 1090 g/mol. The molecule has 0 spiro atoms. The van der Waals surface area contributed by atoms with Crippen LogP contribution in [0.3, 0.4) is 0 Å². The van der Waals surface area contributed by atoms with Crippen molar-refractivity contribution >= 4 is 0 Å². The summed E-state index contributed by atoms with van der Waals surface area (Å²) in [5, 5.41) is 0. The van der Waals surface area contributed by atoms with E-state index in [1.807, 2.05) is 12.4 Å². The van der Waals surface area contributed by atoms with E-state index >= 15 is 0 Å². The number of hydrogen-bond acceptors (Lipinski definition) is 2. The number of benzene rings is 6. The fraction of sp³-hybridized carbons (Fsp3) is 0.179. The molecular formula is C56H50Ir2N2-2. The van der Waals surface area contributed by atoms with Crippen LogP contribution in [0, 0.1) is 37.8 Å². The van der Waals surface area contributed by atoms with Crippen LogP contribution in [-0.2, 0) is 53.1 Å². The standard InChI is InChI=1S/C56H50N2.2Ir/c1-37(2)28-47-33-45(54-35-43(24-26-57-54)41-14-9-7-10-15-41)20-22-50(47)52-18-13-19-53(56(52)49-31-39(5)30-40(6)32-49)51-23-21-46(34-48(51)29-38(3)4)55-36-44(25-27-58-55)42-16-11-8-12-17-42;;/h7-19,22-27,30-38H,28-29H2,1-6H3;;/q-2;;. The second-order valence-corrected chi connectivity index (χ2v) is 16.5. The van der Waals surface area contributed by atoms with Crippen LogP contribution in [0.15, 0.2) is 158 Å². The van der Waals surface area contributed by atoms with Crippen molar-refractivity contribution in [3.8, 4) is 78.1 Å². The van der Waals surface area contributed by atoms with Gasteiger partial charge in [0.2, 0.25) is 0 Å². The van der Waals surface area contributed by atoms with E-state index in [1.54, 1.807) is 0 Å². The van der Waals surface area contributed by atoms with Crippen molar-refractivity contribution in [1.82, 2.24) is 9.97 Å². The first-order valence-electron chi connectivity index (χ1n) is 20.6. The van der Waals surface area contributed by atoms with Gasteiger partial charge in [-0.05, 0) is 95.4 Å². The Morgan fingerprint density at radius 1 is 0.433 bits per heavy atom. The van der Waals surface area contributed by atoms with E-state index in [0.29, 0.717) is 11.8 Å². The predicted molar refractivity (Wildman–Crippen MR) is 244 cm³/mol. The van der Waals surface area contributed by atoms with Crippen molar-refractivity contribution in [3.63, 3.8) is 0 Å². The minimum Gasteiger partial charge on any atom is -0.305 e. The predicted octanol–water partition coefficient (Wildman–Crippen LogP) is 14.8. The van der Waals surface area contributed by atoms with Gasteiger partial charge in [0.05, 0.1) is 0 Å². The summed E-state index contributed by atoms with van der Waals surface area (Å²) in [5.74, 6) is 0.915. The van der Waals surface area contributed by atoms with Gasteiger partial charge < -0.3 is 9.97 Å². The molecule has 8 aromatic rings. The monoisotopic (exact) mass is 1140 g/mol. The van der Waals surface area contributed by atoms with Crippen molar-refractivity contribution in [2.75, 3.05) is 0 Å². The van der Waals surface area contributed by atoms with Gasteiger partial charge in [0.15, 0.2) is 0 Å². The summed E-state index contributed by atoms with van der Waals surface area (Å²) in [7, 11) is 0. The first-order chi connectivity index (χ1) is 28.2. The summed E-state index contributed by atoms with van der Waals surface area (Å²) in [5.41, 5.74) is 20.9. The minimum atomic E-state index is 0. The summed E-state index contributed by atoms with van der Waals surface area (Å²) in [6, 6.07) is 59.8. The SMILES string of the molecule is Cc1cc(C)cc(-c2c(-c3c[c-]c(-c4cc(-c5ccccc5)ccn4)cc3CC(C)C)cccc2-c2c[c-]c(-c3cc(-c4ccccc4)ccn3)cc2CC(C)C)c1.[Ir].[Ir]. The van der Waals surface area contributed by atoms with E-state index in [1.165, 1.54) is 66.8 Å². The summed E-state index contributed by atoms with van der Waals surface area (Å²) in [4.78, 5) is 9.68. The second-order valence-electron chi connectivity index (χ2n) is 16.5. The Morgan fingerprint density at radius 2 is 0.867 bits per heavy atom. The van der Waals surface area contributed by atoms with Gasteiger partial charge in [-0.25, -0.2) is 0 Å². The van der Waals surface area contributed by atoms with E-state index in [0.717, 1.165) is 46.5 Å². The molecule has 0 saturated carbocycles. The molecule has 0 bridgehead atoms. The van der Waals surface area contributed by atoms with E-state index in [9.17, 15) is 0 Å². The molecule has 0 atom stereocenters. The Morgan fingerprint density at radius 3 is 1.28 bits per heavy atom. The maximum Gasteiger partial charge on any atom is 0.0166 e. The Bertz CT molecular complexity index is 2520. The maximum atomic E-state index is 4.84. The van der Waals surface area contributed by atoms with Crippen LogP contribution in [0.4, 0.5) is 0 Å². The van der Waals surface area contributed by atoms with Crippen LogP contribution in [0.1, 0.15) is 49.9 Å². The molecule has 0 unspecified atom stereocenters. The average molecular weight is 1140 g/mol. The van der Waals surface area contributed by atoms with E-state index in [2.05, 4.69) is 199 Å². The quantitative estimate of drug-likeness (QED) is 0.121. The summed E-state index contributed by atoms with van der Waals surface area (Å²) in [6.45, 7) is 13.6. The molecule has 0 aliphatic rings. The van der Waals surface area contributed by atoms with Crippen LogP contribution < -0.4 is 0 Å². The Labute approximate surface area is 384 Å². The zero-order valence-corrected chi connectivity index (χ0v) is 39.9. The van der Waals surface area contributed by atoms with Gasteiger partial charge in [-0.2, -0.15) is 0 Å². The average Bonchev–Trinajstić information content (AvgIpc) is 3.23. The molecule has 2 radical (unpaired) electrons. The van der Waals surface area contributed by atoms with E-state index in [4.69, 9.17) is 9.97 Å². The topological polar surface area (TPSA) is 25.8 Å². The van der Waals surface area contributed by atoms with E-state index in [-0.39, 0.29) is 40.2 Å². The summed E-state index contributed by atoms with van der Waals surface area (Å²) >= 11 is 0. The molecule has 304 valence electrons. The van der Waals surface area contributed by atoms with Crippen LogP contribution in [0.25, 0.3) is 78.1 Å². The van der Waals surface area contributed by atoms with Crippen molar-refractivity contribution < 1.29 is 40.2 Å².